The van der Waals surface area contributed by atoms with Gasteiger partial charge >= 0.3 is 18.9 Å². The summed E-state index contributed by atoms with van der Waals surface area (Å²) in [6.07, 6.45) is -4.26. The number of amides is 1. The molecule has 0 spiro atoms. The fourth-order valence-corrected chi connectivity index (χ4v) is 2.56. The van der Waals surface area contributed by atoms with E-state index in [2.05, 4.69) is 14.7 Å². The number of hydrogen-bond donors (Lipinski definition) is 0. The first kappa shape index (κ1) is 22.1. The molecular weight excluding hydrogens is 393 g/mol. The van der Waals surface area contributed by atoms with E-state index in [-0.39, 0.29) is 18.7 Å². The van der Waals surface area contributed by atoms with Crippen molar-refractivity contribution in [1.29, 1.82) is 0 Å². The van der Waals surface area contributed by atoms with Gasteiger partial charge < -0.3 is 14.2 Å². The van der Waals surface area contributed by atoms with Gasteiger partial charge in [0.25, 0.3) is 0 Å². The van der Waals surface area contributed by atoms with Crippen molar-refractivity contribution in [2.75, 3.05) is 13.2 Å². The van der Waals surface area contributed by atoms with Crippen LogP contribution in [0.3, 0.4) is 0 Å². The highest BCUT2D eigenvalue weighted by Crippen LogP contribution is 2.28. The van der Waals surface area contributed by atoms with E-state index >= 15 is 0 Å². The lowest BCUT2D eigenvalue weighted by atomic mass is 10.2. The van der Waals surface area contributed by atoms with E-state index in [9.17, 15) is 26.7 Å². The maximum atomic E-state index is 12.5. The van der Waals surface area contributed by atoms with Crippen molar-refractivity contribution in [3.8, 4) is 5.75 Å². The molecule has 2 heterocycles. The van der Waals surface area contributed by atoms with Crippen LogP contribution in [-0.2, 0) is 15.7 Å². The van der Waals surface area contributed by atoms with Crippen molar-refractivity contribution < 1.29 is 41.0 Å². The Morgan fingerprint density at radius 1 is 1.25 bits per heavy atom. The lowest BCUT2D eigenvalue weighted by molar-refractivity contribution is -0.145. The van der Waals surface area contributed by atoms with Crippen LogP contribution in [0.5, 0.6) is 5.75 Å². The zero-order chi connectivity index (χ0) is 21.1. The number of carbonyl (C=O) groups excluding carboxylic acids is 1. The molecule has 12 heteroatoms. The van der Waals surface area contributed by atoms with Gasteiger partial charge in [-0.1, -0.05) is 0 Å². The van der Waals surface area contributed by atoms with Crippen LogP contribution in [0.4, 0.5) is 26.7 Å². The highest BCUT2D eigenvalue weighted by Gasteiger charge is 2.39. The van der Waals surface area contributed by atoms with Gasteiger partial charge in [-0.05, 0) is 20.8 Å². The SMILES string of the molecule is CC(C)(C)OC(=O)N1C[C@@H](Oc2cnc(C(F)(F)F)nc2)C[C@H]1COC(F)F. The zero-order valence-corrected chi connectivity index (χ0v) is 15.4. The highest BCUT2D eigenvalue weighted by molar-refractivity contribution is 5.69. The first-order valence-electron chi connectivity index (χ1n) is 8.30. The van der Waals surface area contributed by atoms with Crippen molar-refractivity contribution in [2.24, 2.45) is 0 Å². The number of halogens is 5. The Kier molecular flexibility index (Phi) is 6.63. The van der Waals surface area contributed by atoms with Crippen LogP contribution in [0.25, 0.3) is 0 Å². The smallest absolute Gasteiger partial charge is 0.451 e. The molecule has 1 amide bonds. The molecule has 28 heavy (non-hydrogen) atoms. The third-order valence-electron chi connectivity index (χ3n) is 3.60. The summed E-state index contributed by atoms with van der Waals surface area (Å²) in [5.74, 6) is -1.36. The minimum Gasteiger partial charge on any atom is -0.485 e. The van der Waals surface area contributed by atoms with E-state index in [1.54, 1.807) is 20.8 Å². The van der Waals surface area contributed by atoms with Crippen molar-refractivity contribution in [3.05, 3.63) is 18.2 Å². The predicted octanol–water partition coefficient (Wildman–Crippen LogP) is 3.49. The van der Waals surface area contributed by atoms with Gasteiger partial charge in [0.1, 0.15) is 11.7 Å². The first-order chi connectivity index (χ1) is 12.8. The molecule has 0 unspecified atom stereocenters. The summed E-state index contributed by atoms with van der Waals surface area (Å²) in [7, 11) is 0. The normalized spacial score (nSPS) is 20.5. The Hall–Kier alpha value is -2.24. The second-order valence-electron chi connectivity index (χ2n) is 7.10. The van der Waals surface area contributed by atoms with Crippen molar-refractivity contribution in [2.45, 2.75) is 57.7 Å². The van der Waals surface area contributed by atoms with E-state index in [4.69, 9.17) is 9.47 Å². The fraction of sp³-hybridized carbons (Fsp3) is 0.688. The summed E-state index contributed by atoms with van der Waals surface area (Å²) in [6, 6.07) is -0.746. The van der Waals surface area contributed by atoms with Gasteiger partial charge in [0.05, 0.1) is 31.6 Å². The maximum Gasteiger partial charge on any atom is 0.451 e. The van der Waals surface area contributed by atoms with Gasteiger partial charge in [-0.25, -0.2) is 14.8 Å². The quantitative estimate of drug-likeness (QED) is 0.688. The monoisotopic (exact) mass is 413 g/mol. The third kappa shape index (κ3) is 6.43. The lowest BCUT2D eigenvalue weighted by Gasteiger charge is -2.28. The Morgan fingerprint density at radius 2 is 1.86 bits per heavy atom. The van der Waals surface area contributed by atoms with Crippen molar-refractivity contribution in [1.82, 2.24) is 14.9 Å². The molecule has 7 nitrogen and oxygen atoms in total. The van der Waals surface area contributed by atoms with Crippen LogP contribution < -0.4 is 4.74 Å². The molecule has 1 aliphatic heterocycles. The molecule has 2 atom stereocenters. The van der Waals surface area contributed by atoms with E-state index in [0.29, 0.717) is 0 Å². The molecule has 0 radical (unpaired) electrons. The molecule has 2 rings (SSSR count). The van der Waals surface area contributed by atoms with E-state index < -0.39 is 49.1 Å². The molecule has 1 fully saturated rings. The van der Waals surface area contributed by atoms with E-state index in [1.807, 2.05) is 0 Å². The molecule has 1 aliphatic rings. The Labute approximate surface area is 157 Å². The topological polar surface area (TPSA) is 73.8 Å². The van der Waals surface area contributed by atoms with Crippen LogP contribution in [-0.4, -0.2) is 58.5 Å². The second-order valence-corrected chi connectivity index (χ2v) is 7.10. The van der Waals surface area contributed by atoms with E-state index in [0.717, 1.165) is 12.4 Å². The van der Waals surface area contributed by atoms with Gasteiger partial charge in [0.2, 0.25) is 5.82 Å². The first-order valence-corrected chi connectivity index (χ1v) is 8.30. The Bertz CT molecular complexity index is 664. The number of carbonyl (C=O) groups is 1. The molecule has 1 saturated heterocycles. The molecular formula is C16H20F5N3O4. The minimum absolute atomic E-state index is 0.0206. The Balaban J connectivity index is 2.06. The summed E-state index contributed by atoms with van der Waals surface area (Å²) in [5.41, 5.74) is -0.800. The van der Waals surface area contributed by atoms with Crippen LogP contribution in [0.2, 0.25) is 0 Å². The average molecular weight is 413 g/mol. The third-order valence-corrected chi connectivity index (χ3v) is 3.60. The summed E-state index contributed by atoms with van der Waals surface area (Å²) in [5, 5.41) is 0. The second kappa shape index (κ2) is 8.41. The van der Waals surface area contributed by atoms with Crippen LogP contribution >= 0.6 is 0 Å². The summed E-state index contributed by atoms with van der Waals surface area (Å²) < 4.78 is 77.3. The van der Waals surface area contributed by atoms with Crippen molar-refractivity contribution >= 4 is 6.09 Å². The summed E-state index contributed by atoms with van der Waals surface area (Å²) in [4.78, 5) is 19.9. The molecule has 0 aromatic carbocycles. The number of rotatable bonds is 5. The number of likely N-dealkylation sites (tertiary alicyclic amines) is 1. The lowest BCUT2D eigenvalue weighted by Crippen LogP contribution is -2.42. The van der Waals surface area contributed by atoms with Gasteiger partial charge in [-0.15, -0.1) is 0 Å². The van der Waals surface area contributed by atoms with Crippen LogP contribution in [0.15, 0.2) is 12.4 Å². The maximum absolute atomic E-state index is 12.5. The number of nitrogens with zero attached hydrogens (tertiary/aromatic N) is 3. The minimum atomic E-state index is -4.68. The predicted molar refractivity (Wildman–Crippen MR) is 84.8 cm³/mol. The number of ether oxygens (including phenoxy) is 3. The molecule has 158 valence electrons. The van der Waals surface area contributed by atoms with Gasteiger partial charge in [-0.2, -0.15) is 22.0 Å². The van der Waals surface area contributed by atoms with Crippen molar-refractivity contribution in [3.63, 3.8) is 0 Å². The number of alkyl halides is 5. The van der Waals surface area contributed by atoms with Gasteiger partial charge in [0, 0.05) is 6.42 Å². The molecule has 0 N–H and O–H groups in total. The van der Waals surface area contributed by atoms with E-state index in [1.165, 1.54) is 4.90 Å². The zero-order valence-electron chi connectivity index (χ0n) is 15.4. The number of hydrogen-bond acceptors (Lipinski definition) is 6. The number of aromatic nitrogens is 2. The molecule has 1 aromatic rings. The fourth-order valence-electron chi connectivity index (χ4n) is 2.56. The van der Waals surface area contributed by atoms with Gasteiger partial charge in [0.15, 0.2) is 5.75 Å². The summed E-state index contributed by atoms with van der Waals surface area (Å²) in [6.45, 7) is 1.48. The average Bonchev–Trinajstić information content (AvgIpc) is 2.94. The van der Waals surface area contributed by atoms with Gasteiger partial charge in [-0.3, -0.25) is 4.90 Å². The standard InChI is InChI=1S/C16H20F5N3O4/c1-15(2,3)28-14(25)24-7-10(4-9(24)8-26-13(17)18)27-11-5-22-12(23-6-11)16(19,20)21/h5-6,9-10,13H,4,7-8H2,1-3H3/t9-,10-/m0/s1. The molecule has 0 bridgehead atoms. The molecule has 0 saturated carbocycles. The Morgan fingerprint density at radius 3 is 2.36 bits per heavy atom. The van der Waals surface area contributed by atoms with Crippen LogP contribution in [0, 0.1) is 0 Å². The largest absolute Gasteiger partial charge is 0.485 e. The van der Waals surface area contributed by atoms with Crippen LogP contribution in [0.1, 0.15) is 33.0 Å². The summed E-state index contributed by atoms with van der Waals surface area (Å²) >= 11 is 0. The molecule has 0 aliphatic carbocycles. The highest BCUT2D eigenvalue weighted by atomic mass is 19.4. The molecule has 1 aromatic heterocycles.